The molecule has 1 saturated heterocycles. The number of aromatic nitrogens is 1. The van der Waals surface area contributed by atoms with Gasteiger partial charge in [-0.15, -0.1) is 0 Å². The number of alkyl carbamates (subject to hydrolysis) is 1. The quantitative estimate of drug-likeness (QED) is 0.0221. The highest BCUT2D eigenvalue weighted by atomic mass is 16.6. The van der Waals surface area contributed by atoms with E-state index in [-0.39, 0.29) is 63.0 Å². The molecule has 11 atom stereocenters. The Morgan fingerprint density at radius 2 is 1.44 bits per heavy atom. The fraction of sp³-hybridized carbons (Fsp3) is 0.574. The van der Waals surface area contributed by atoms with Crippen LogP contribution in [0.15, 0.2) is 85.1 Å². The molecule has 1 fully saturated rings. The molecule has 10 N–H and O–H groups in total. The van der Waals surface area contributed by atoms with Crippen molar-refractivity contribution in [2.75, 3.05) is 46.7 Å². The molecule has 93 heavy (non-hydrogen) atoms. The fourth-order valence-electron chi connectivity index (χ4n) is 11.8. The van der Waals surface area contributed by atoms with Gasteiger partial charge in [0.15, 0.2) is 0 Å². The highest BCUT2D eigenvalue weighted by Gasteiger charge is 2.43. The molecule has 5 rings (SSSR count). The number of para-hydroxylation sites is 1. The van der Waals surface area contributed by atoms with Gasteiger partial charge in [-0.05, 0) is 106 Å². The van der Waals surface area contributed by atoms with Crippen LogP contribution in [0.25, 0.3) is 10.9 Å². The number of nitrogens with zero attached hydrogens (tertiary/aromatic N) is 3. The molecule has 3 aromatic carbocycles. The van der Waals surface area contributed by atoms with Gasteiger partial charge in [0, 0.05) is 70.6 Å². The van der Waals surface area contributed by atoms with Crippen molar-refractivity contribution in [2.45, 2.75) is 193 Å². The lowest BCUT2D eigenvalue weighted by atomic mass is 9.89. The highest BCUT2D eigenvalue weighted by molar-refractivity contribution is 5.99. The second-order valence-electron chi connectivity index (χ2n) is 25.8. The van der Waals surface area contributed by atoms with Gasteiger partial charge in [0.05, 0.1) is 49.3 Å². The summed E-state index contributed by atoms with van der Waals surface area (Å²) in [6, 6.07) is 16.1. The van der Waals surface area contributed by atoms with Crippen molar-refractivity contribution >= 4 is 70.3 Å². The zero-order chi connectivity index (χ0) is 68.9. The maximum atomic E-state index is 14.8. The maximum Gasteiger partial charge on any atom is 0.410 e. The number of nitrogens with one attached hydrogen (secondary N) is 7. The molecule has 0 saturated carbocycles. The molecule has 4 aromatic rings. The van der Waals surface area contributed by atoms with Crippen molar-refractivity contribution < 1.29 is 67.2 Å². The van der Waals surface area contributed by atoms with Crippen molar-refractivity contribution in [1.82, 2.24) is 46.3 Å². The number of anilines is 1. The molecule has 0 radical (unpaired) electrons. The summed E-state index contributed by atoms with van der Waals surface area (Å²) < 4.78 is 23.1. The van der Waals surface area contributed by atoms with Gasteiger partial charge in [0.1, 0.15) is 36.4 Å². The number of fused-ring (bicyclic) bond motifs is 1. The number of hydrogen-bond donors (Lipinski definition) is 9. The van der Waals surface area contributed by atoms with E-state index in [0.717, 1.165) is 16.5 Å². The minimum absolute atomic E-state index is 0.0405. The van der Waals surface area contributed by atoms with E-state index >= 15 is 0 Å². The van der Waals surface area contributed by atoms with Gasteiger partial charge in [0.2, 0.25) is 35.4 Å². The van der Waals surface area contributed by atoms with E-state index in [0.29, 0.717) is 42.6 Å². The molecule has 0 spiro atoms. The Morgan fingerprint density at radius 1 is 0.774 bits per heavy atom. The van der Waals surface area contributed by atoms with Crippen LogP contribution in [-0.2, 0) is 60.7 Å². The number of ether oxygens (including phenoxy) is 4. The third kappa shape index (κ3) is 22.2. The Hall–Kier alpha value is -8.29. The van der Waals surface area contributed by atoms with Crippen LogP contribution in [-0.4, -0.2) is 180 Å². The smallest absolute Gasteiger partial charge is 0.410 e. The molecule has 0 bridgehead atoms. The van der Waals surface area contributed by atoms with Gasteiger partial charge in [-0.3, -0.25) is 33.7 Å². The summed E-state index contributed by atoms with van der Waals surface area (Å²) >= 11 is 0. The second-order valence-corrected chi connectivity index (χ2v) is 25.8. The maximum absolute atomic E-state index is 14.8. The SMILES string of the molecule is CC[C@H](C)[C@@H]([C@@H](CC(=O)N1CCC[C@H]1[C@@H](CC(=O)N[C@H](C)[C@@H](O)c1ccccc1)OC)OC)N(C)C(=O)[C@@H](NC(=O)[C@H](C(C)C)N(C)C(=O)OCc1ccc(NC(=O)[C@H](CCCNC(N)=O)NC(=O)C(Cc2c[nH]c3ccccc23)NC(=O)OC(C)(C)C)cc1)C(C)C. The number of H-pyrrole nitrogens is 1. The molecule has 1 unspecified atom stereocenters. The Kier molecular flexibility index (Phi) is 28.9. The summed E-state index contributed by atoms with van der Waals surface area (Å²) in [5.74, 6) is -3.86. The number of aliphatic hydroxyl groups excluding tert-OH is 1. The number of methoxy groups -OCH3 is 2. The van der Waals surface area contributed by atoms with Gasteiger partial charge in [-0.2, -0.15) is 0 Å². The number of aliphatic hydroxyl groups is 1. The molecule has 1 aliphatic rings. The molecule has 512 valence electrons. The molecule has 0 aliphatic carbocycles. The largest absolute Gasteiger partial charge is 0.445 e. The Bertz CT molecular complexity index is 3120. The van der Waals surface area contributed by atoms with Crippen LogP contribution in [0, 0.1) is 17.8 Å². The van der Waals surface area contributed by atoms with Crippen molar-refractivity contribution in [3.05, 3.63) is 102 Å². The molecule has 1 aromatic heterocycles. The standard InChI is InChI=1S/C68H101N11O14/c1-15-42(6)59(54(91-14)37-56(81)79-34-22-28-52(79)53(90-13)36-55(80)72-43(7)60(82)45-23-17-16-18-24-45)77(11)64(86)57(40(2)3)76-63(85)58(41(4)5)78(12)67(89)92-39-44-29-31-47(32-30-44)73-61(83)50(27-21-33-70-65(69)87)74-62(84)51(75-66(88)93-68(8,9)10)35-46-38-71-49-26-20-19-25-48(46)49/h16-20,23-26,29-32,38,40-43,50-54,57-60,71,82H,15,21-22,27-28,33-37,39H2,1-14H3,(H,72,80)(H,73,83)(H,74,84)(H,75,88)(H,76,85)(H3,69,70,87)/t42-,43+,50-,51?,52-,53+,54+,57-,58-,59-,60+/m0/s1. The Morgan fingerprint density at radius 3 is 2.05 bits per heavy atom. The lowest BCUT2D eigenvalue weighted by Gasteiger charge is -2.41. The summed E-state index contributed by atoms with van der Waals surface area (Å²) in [5.41, 5.74) is 7.51. The highest BCUT2D eigenvalue weighted by Crippen LogP contribution is 2.30. The van der Waals surface area contributed by atoms with Crippen LogP contribution in [0.2, 0.25) is 0 Å². The number of benzene rings is 3. The third-order valence-electron chi connectivity index (χ3n) is 17.0. The minimum Gasteiger partial charge on any atom is -0.445 e. The van der Waals surface area contributed by atoms with Gasteiger partial charge < -0.3 is 76.5 Å². The lowest BCUT2D eigenvalue weighted by Crippen LogP contribution is -2.60. The first kappa shape index (κ1) is 75.4. The van der Waals surface area contributed by atoms with E-state index in [1.54, 1.807) is 115 Å². The normalized spacial score (nSPS) is 16.5. The number of nitrogens with two attached hydrogens (primary N) is 1. The van der Waals surface area contributed by atoms with Gasteiger partial charge >= 0.3 is 18.2 Å². The third-order valence-corrected chi connectivity index (χ3v) is 17.0. The van der Waals surface area contributed by atoms with Crippen molar-refractivity contribution in [1.29, 1.82) is 0 Å². The summed E-state index contributed by atoms with van der Waals surface area (Å²) in [4.78, 5) is 131. The van der Waals surface area contributed by atoms with Crippen molar-refractivity contribution in [2.24, 2.45) is 23.5 Å². The van der Waals surface area contributed by atoms with Crippen LogP contribution >= 0.6 is 0 Å². The van der Waals surface area contributed by atoms with Gasteiger partial charge in [-0.1, -0.05) is 109 Å². The molecular weight excluding hydrogens is 1190 g/mol. The van der Waals surface area contributed by atoms with E-state index < -0.39 is 120 Å². The second kappa shape index (κ2) is 35.7. The minimum atomic E-state index is -1.17. The molecule has 10 amide bonds. The number of rotatable bonds is 33. The number of hydrogen-bond acceptors (Lipinski definition) is 14. The molecule has 25 nitrogen and oxygen atoms in total. The van der Waals surface area contributed by atoms with E-state index in [1.165, 1.54) is 26.2 Å². The molecule has 25 heteroatoms. The Labute approximate surface area is 547 Å². The van der Waals surface area contributed by atoms with Crippen LogP contribution in [0.3, 0.4) is 0 Å². The van der Waals surface area contributed by atoms with Gasteiger partial charge in [0.25, 0.3) is 0 Å². The number of likely N-dealkylation sites (N-methyl/N-ethyl adjacent to an activating group) is 2. The number of carbonyl (C=O) groups excluding carboxylic acids is 9. The van der Waals surface area contributed by atoms with Crippen molar-refractivity contribution in [3.8, 4) is 0 Å². The van der Waals surface area contributed by atoms with Crippen LogP contribution in [0.1, 0.15) is 137 Å². The summed E-state index contributed by atoms with van der Waals surface area (Å²) in [6.07, 6.45) is -0.0768. The van der Waals surface area contributed by atoms with Gasteiger partial charge in [-0.25, -0.2) is 14.4 Å². The zero-order valence-corrected chi connectivity index (χ0v) is 56.5. The van der Waals surface area contributed by atoms with E-state index in [2.05, 4.69) is 36.9 Å². The summed E-state index contributed by atoms with van der Waals surface area (Å²) in [7, 11) is 6.08. The van der Waals surface area contributed by atoms with E-state index in [9.17, 15) is 48.3 Å². The van der Waals surface area contributed by atoms with Crippen LogP contribution < -0.4 is 37.6 Å². The first-order chi connectivity index (χ1) is 44.0. The average molecular weight is 1300 g/mol. The number of primary amides is 1. The first-order valence-electron chi connectivity index (χ1n) is 32.1. The number of likely N-dealkylation sites (tertiary alicyclic amines) is 1. The van der Waals surface area contributed by atoms with Crippen LogP contribution in [0.5, 0.6) is 0 Å². The summed E-state index contributed by atoms with van der Waals surface area (Å²) in [5, 5.41) is 28.3. The summed E-state index contributed by atoms with van der Waals surface area (Å²) in [6.45, 7) is 18.2. The topological polar surface area (TPSA) is 334 Å². The number of aromatic amines is 1. The lowest BCUT2D eigenvalue weighted by molar-refractivity contribution is -0.147. The van der Waals surface area contributed by atoms with Crippen LogP contribution in [0.4, 0.5) is 20.1 Å². The predicted molar refractivity (Wildman–Crippen MR) is 353 cm³/mol. The first-order valence-corrected chi connectivity index (χ1v) is 32.1. The Balaban J connectivity index is 1.21. The molecular formula is C68H101N11O14. The number of amides is 10. The predicted octanol–water partition coefficient (Wildman–Crippen LogP) is 6.82. The average Bonchev–Trinajstić information content (AvgIpc) is 1.97. The van der Waals surface area contributed by atoms with E-state index in [1.807, 2.05) is 56.3 Å². The van der Waals surface area contributed by atoms with Crippen molar-refractivity contribution in [3.63, 3.8) is 0 Å². The number of carbonyl (C=O) groups is 9. The molecule has 1 aliphatic heterocycles. The number of urea groups is 1. The molecule has 2 heterocycles. The fourth-order valence-corrected chi connectivity index (χ4v) is 11.8. The monoisotopic (exact) mass is 1300 g/mol. The van der Waals surface area contributed by atoms with E-state index in [4.69, 9.17) is 24.7 Å². The zero-order valence-electron chi connectivity index (χ0n) is 56.5.